The lowest BCUT2D eigenvalue weighted by Crippen LogP contribution is -2.13. The van der Waals surface area contributed by atoms with Crippen molar-refractivity contribution in [2.45, 2.75) is 0 Å². The van der Waals surface area contributed by atoms with Crippen molar-refractivity contribution >= 4 is 43.5 Å². The summed E-state index contributed by atoms with van der Waals surface area (Å²) in [5, 5.41) is 2.77. The van der Waals surface area contributed by atoms with Crippen molar-refractivity contribution in [3.8, 4) is 0 Å². The number of anilines is 1. The monoisotopic (exact) mass is 355 g/mol. The second-order valence-electron chi connectivity index (χ2n) is 3.15. The van der Waals surface area contributed by atoms with Crippen LogP contribution in [0.4, 0.5) is 5.69 Å². The average Bonchev–Trinajstić information content (AvgIpc) is 2.32. The molecule has 0 aliphatic heterocycles. The maximum Gasteiger partial charge on any atom is 0.258 e. The smallest absolute Gasteiger partial charge is 0.258 e. The molecule has 2 rings (SSSR count). The first kappa shape index (κ1) is 12.2. The number of carbonyl (C=O) groups is 1. The minimum Gasteiger partial charge on any atom is -0.321 e. The average molecular weight is 357 g/mol. The molecule has 0 bridgehead atoms. The zero-order chi connectivity index (χ0) is 12.3. The number of pyridine rings is 2. The molecule has 86 valence electrons. The fourth-order valence-electron chi connectivity index (χ4n) is 1.22. The summed E-state index contributed by atoms with van der Waals surface area (Å²) >= 11 is 6.54. The lowest BCUT2D eigenvalue weighted by atomic mass is 10.2. The van der Waals surface area contributed by atoms with E-state index in [1.807, 2.05) is 0 Å². The third-order valence-corrected chi connectivity index (χ3v) is 3.29. The van der Waals surface area contributed by atoms with Crippen molar-refractivity contribution in [1.29, 1.82) is 0 Å². The molecule has 0 aliphatic rings. The van der Waals surface area contributed by atoms with Gasteiger partial charge in [-0.3, -0.25) is 9.78 Å². The zero-order valence-corrected chi connectivity index (χ0v) is 11.7. The third-order valence-electron chi connectivity index (χ3n) is 2.02. The van der Waals surface area contributed by atoms with E-state index in [1.54, 1.807) is 36.8 Å². The van der Waals surface area contributed by atoms with Gasteiger partial charge in [0.15, 0.2) is 0 Å². The van der Waals surface area contributed by atoms with Gasteiger partial charge in [0.05, 0.1) is 15.7 Å². The molecule has 0 radical (unpaired) electrons. The van der Waals surface area contributed by atoms with E-state index < -0.39 is 0 Å². The molecule has 0 aliphatic carbocycles. The number of amides is 1. The SMILES string of the molecule is O=C(Nc1ccncc1Br)c1cccnc1Br. The van der Waals surface area contributed by atoms with E-state index in [0.717, 1.165) is 4.47 Å². The largest absolute Gasteiger partial charge is 0.321 e. The highest BCUT2D eigenvalue weighted by molar-refractivity contribution is 9.10. The zero-order valence-electron chi connectivity index (χ0n) is 8.52. The first-order valence-corrected chi connectivity index (χ1v) is 6.28. The Labute approximate surface area is 115 Å². The summed E-state index contributed by atoms with van der Waals surface area (Å²) in [6.07, 6.45) is 4.84. The maximum absolute atomic E-state index is 12.0. The predicted octanol–water partition coefficient (Wildman–Crippen LogP) is 3.25. The van der Waals surface area contributed by atoms with Crippen LogP contribution in [0.15, 0.2) is 45.9 Å². The molecule has 0 saturated heterocycles. The van der Waals surface area contributed by atoms with Gasteiger partial charge in [0.25, 0.3) is 5.91 Å². The summed E-state index contributed by atoms with van der Waals surface area (Å²) in [4.78, 5) is 19.9. The Morgan fingerprint density at radius 3 is 2.76 bits per heavy atom. The molecule has 4 nitrogen and oxygen atoms in total. The Balaban J connectivity index is 2.24. The molecule has 0 atom stereocenters. The Morgan fingerprint density at radius 2 is 2.06 bits per heavy atom. The van der Waals surface area contributed by atoms with E-state index in [9.17, 15) is 4.79 Å². The molecule has 17 heavy (non-hydrogen) atoms. The van der Waals surface area contributed by atoms with Crippen molar-refractivity contribution in [1.82, 2.24) is 9.97 Å². The van der Waals surface area contributed by atoms with Crippen LogP contribution in [-0.4, -0.2) is 15.9 Å². The predicted molar refractivity (Wildman–Crippen MR) is 71.8 cm³/mol. The van der Waals surface area contributed by atoms with Crippen molar-refractivity contribution in [3.63, 3.8) is 0 Å². The molecular weight excluding hydrogens is 350 g/mol. The summed E-state index contributed by atoms with van der Waals surface area (Å²) in [6, 6.07) is 5.12. The van der Waals surface area contributed by atoms with E-state index in [-0.39, 0.29) is 5.91 Å². The number of carbonyl (C=O) groups excluding carboxylic acids is 1. The Hall–Kier alpha value is -1.27. The van der Waals surface area contributed by atoms with E-state index >= 15 is 0 Å². The van der Waals surface area contributed by atoms with Gasteiger partial charge in [-0.2, -0.15) is 0 Å². The lowest BCUT2D eigenvalue weighted by Gasteiger charge is -2.07. The third kappa shape index (κ3) is 2.89. The summed E-state index contributed by atoms with van der Waals surface area (Å²) in [7, 11) is 0. The van der Waals surface area contributed by atoms with Gasteiger partial charge in [0, 0.05) is 18.6 Å². The van der Waals surface area contributed by atoms with E-state index in [4.69, 9.17) is 0 Å². The molecule has 1 N–H and O–H groups in total. The van der Waals surface area contributed by atoms with Crippen LogP contribution in [-0.2, 0) is 0 Å². The van der Waals surface area contributed by atoms with Crippen LogP contribution < -0.4 is 5.32 Å². The molecule has 2 aromatic rings. The fraction of sp³-hybridized carbons (Fsp3) is 0. The molecule has 0 aromatic carbocycles. The molecule has 2 heterocycles. The number of rotatable bonds is 2. The normalized spacial score (nSPS) is 10.0. The fourth-order valence-corrected chi connectivity index (χ4v) is 2.00. The highest BCUT2D eigenvalue weighted by Gasteiger charge is 2.11. The van der Waals surface area contributed by atoms with Crippen molar-refractivity contribution in [3.05, 3.63) is 51.4 Å². The molecule has 0 saturated carbocycles. The lowest BCUT2D eigenvalue weighted by molar-refractivity contribution is 0.102. The van der Waals surface area contributed by atoms with Gasteiger partial charge >= 0.3 is 0 Å². The van der Waals surface area contributed by atoms with Gasteiger partial charge in [-0.15, -0.1) is 0 Å². The standard InChI is InChI=1S/C11H7Br2N3O/c12-8-6-14-5-3-9(8)16-11(17)7-2-1-4-15-10(7)13/h1-6H,(H,14,16,17). The van der Waals surface area contributed by atoms with Crippen LogP contribution in [0.25, 0.3) is 0 Å². The minimum atomic E-state index is -0.225. The molecule has 0 spiro atoms. The van der Waals surface area contributed by atoms with Gasteiger partial charge in [-0.05, 0) is 50.1 Å². The van der Waals surface area contributed by atoms with Crippen molar-refractivity contribution < 1.29 is 4.79 Å². The van der Waals surface area contributed by atoms with Crippen LogP contribution >= 0.6 is 31.9 Å². The number of aromatic nitrogens is 2. The Kier molecular flexibility index (Phi) is 3.86. The quantitative estimate of drug-likeness (QED) is 0.840. The number of nitrogens with zero attached hydrogens (tertiary/aromatic N) is 2. The molecule has 0 fully saturated rings. The number of hydrogen-bond donors (Lipinski definition) is 1. The van der Waals surface area contributed by atoms with Gasteiger partial charge in [-0.25, -0.2) is 4.98 Å². The first-order chi connectivity index (χ1) is 8.18. The van der Waals surface area contributed by atoms with Crippen LogP contribution in [0.3, 0.4) is 0 Å². The molecule has 2 aromatic heterocycles. The molecular formula is C11H7Br2N3O. The Morgan fingerprint density at radius 1 is 1.24 bits per heavy atom. The van der Waals surface area contributed by atoms with E-state index in [2.05, 4.69) is 47.1 Å². The summed E-state index contributed by atoms with van der Waals surface area (Å²) in [5.41, 5.74) is 1.15. The van der Waals surface area contributed by atoms with Crippen molar-refractivity contribution in [2.75, 3.05) is 5.32 Å². The number of hydrogen-bond acceptors (Lipinski definition) is 3. The molecule has 1 amide bonds. The number of halogens is 2. The van der Waals surface area contributed by atoms with Gasteiger partial charge in [-0.1, -0.05) is 0 Å². The van der Waals surface area contributed by atoms with Crippen LogP contribution in [0, 0.1) is 0 Å². The maximum atomic E-state index is 12.0. The second kappa shape index (κ2) is 5.37. The van der Waals surface area contributed by atoms with Gasteiger partial charge in [0.1, 0.15) is 4.60 Å². The minimum absolute atomic E-state index is 0.225. The van der Waals surface area contributed by atoms with Crippen LogP contribution in [0.1, 0.15) is 10.4 Å². The van der Waals surface area contributed by atoms with E-state index in [1.165, 1.54) is 0 Å². The highest BCUT2D eigenvalue weighted by atomic mass is 79.9. The topological polar surface area (TPSA) is 54.9 Å². The van der Waals surface area contributed by atoms with Crippen molar-refractivity contribution in [2.24, 2.45) is 0 Å². The molecule has 6 heteroatoms. The van der Waals surface area contributed by atoms with E-state index in [0.29, 0.717) is 15.9 Å². The molecule has 0 unspecified atom stereocenters. The highest BCUT2D eigenvalue weighted by Crippen LogP contribution is 2.21. The van der Waals surface area contributed by atoms with Crippen LogP contribution in [0.2, 0.25) is 0 Å². The van der Waals surface area contributed by atoms with Crippen LogP contribution in [0.5, 0.6) is 0 Å². The number of nitrogens with one attached hydrogen (secondary N) is 1. The summed E-state index contributed by atoms with van der Waals surface area (Å²) < 4.78 is 1.25. The second-order valence-corrected chi connectivity index (χ2v) is 4.76. The summed E-state index contributed by atoms with van der Waals surface area (Å²) in [5.74, 6) is -0.225. The van der Waals surface area contributed by atoms with Gasteiger partial charge < -0.3 is 5.32 Å². The Bertz CT molecular complexity index is 560. The van der Waals surface area contributed by atoms with Gasteiger partial charge in [0.2, 0.25) is 0 Å². The first-order valence-electron chi connectivity index (χ1n) is 4.70. The summed E-state index contributed by atoms with van der Waals surface area (Å²) in [6.45, 7) is 0.